The van der Waals surface area contributed by atoms with Crippen molar-refractivity contribution in [2.75, 3.05) is 11.9 Å². The first-order chi connectivity index (χ1) is 21.0. The van der Waals surface area contributed by atoms with E-state index in [9.17, 15) is 26.7 Å². The van der Waals surface area contributed by atoms with Crippen molar-refractivity contribution in [3.8, 4) is 17.2 Å². The van der Waals surface area contributed by atoms with E-state index in [-0.39, 0.29) is 40.2 Å². The van der Waals surface area contributed by atoms with Crippen LogP contribution in [0.15, 0.2) is 105 Å². The van der Waals surface area contributed by atoms with Crippen LogP contribution in [0.1, 0.15) is 29.0 Å². The molecule has 2 aliphatic rings. The molecule has 0 fully saturated rings. The SMILES string of the molecule is NS(=O)(=O)c1ccc(CCNC(=O)CC(C2=NS(=O)(=O)c3ccccc3N2)C2c3ccccc3Oc3ccc(O)cc32)cc1. The highest BCUT2D eigenvalue weighted by molar-refractivity contribution is 7.90. The number of amides is 1. The van der Waals surface area contributed by atoms with Crippen LogP contribution in [0.3, 0.4) is 0 Å². The molecule has 1 amide bonds. The molecule has 226 valence electrons. The molecular formula is C31H28N4O7S2. The molecule has 0 spiro atoms. The molecule has 11 nitrogen and oxygen atoms in total. The lowest BCUT2D eigenvalue weighted by Gasteiger charge is -2.35. The molecule has 0 aliphatic carbocycles. The van der Waals surface area contributed by atoms with Gasteiger partial charge in [0.25, 0.3) is 10.0 Å². The van der Waals surface area contributed by atoms with Gasteiger partial charge in [0, 0.05) is 35.9 Å². The number of phenolic OH excluding ortho intramolecular Hbond substituents is 1. The number of rotatable bonds is 8. The number of hydrogen-bond donors (Lipinski definition) is 4. The lowest BCUT2D eigenvalue weighted by Crippen LogP contribution is -2.38. The molecule has 0 saturated carbocycles. The summed E-state index contributed by atoms with van der Waals surface area (Å²) in [6, 6.07) is 24.4. The Kier molecular flexibility index (Phi) is 7.61. The molecule has 4 aromatic rings. The molecular weight excluding hydrogens is 604 g/mol. The Labute approximate surface area is 254 Å². The van der Waals surface area contributed by atoms with Crippen molar-refractivity contribution in [3.05, 3.63) is 108 Å². The van der Waals surface area contributed by atoms with Crippen LogP contribution in [0.25, 0.3) is 0 Å². The second kappa shape index (κ2) is 11.4. The minimum Gasteiger partial charge on any atom is -0.508 e. The standard InChI is InChI=1S/C31H28N4O7S2/c32-43(38,39)21-12-9-19(10-13-21)15-16-33-29(37)18-24(31-34-25-6-2-4-8-28(25)44(40,41)35-31)30-22-5-1-3-7-26(22)42-27-14-11-20(36)17-23(27)30/h1-14,17,24,30,36H,15-16,18H2,(H,33,37)(H,34,35)(H2,32,38,39). The van der Waals surface area contributed by atoms with E-state index < -0.39 is 31.9 Å². The fourth-order valence-corrected chi connectivity index (χ4v) is 7.25. The quantitative estimate of drug-likeness (QED) is 0.226. The van der Waals surface area contributed by atoms with Crippen molar-refractivity contribution < 1.29 is 31.5 Å². The summed E-state index contributed by atoms with van der Waals surface area (Å²) in [5, 5.41) is 21.6. The van der Waals surface area contributed by atoms with Crippen molar-refractivity contribution in [2.24, 2.45) is 15.5 Å². The molecule has 0 saturated heterocycles. The maximum atomic E-state index is 13.5. The number of anilines is 1. The number of amidine groups is 1. The third-order valence-corrected chi connectivity index (χ3v) is 9.87. The number of carbonyl (C=O) groups excluding carboxylic acids is 1. The Morgan fingerprint density at radius 1 is 0.977 bits per heavy atom. The second-order valence-electron chi connectivity index (χ2n) is 10.5. The fraction of sp³-hybridized carbons (Fsp3) is 0.161. The van der Waals surface area contributed by atoms with E-state index >= 15 is 0 Å². The minimum atomic E-state index is -4.08. The maximum Gasteiger partial charge on any atom is 0.286 e. The number of sulfonamides is 2. The third-order valence-electron chi connectivity index (χ3n) is 7.60. The zero-order valence-electron chi connectivity index (χ0n) is 23.2. The van der Waals surface area contributed by atoms with Crippen molar-refractivity contribution >= 4 is 37.5 Å². The van der Waals surface area contributed by atoms with Crippen molar-refractivity contribution in [2.45, 2.75) is 28.6 Å². The second-order valence-corrected chi connectivity index (χ2v) is 13.6. The van der Waals surface area contributed by atoms with Crippen LogP contribution in [0.4, 0.5) is 5.69 Å². The minimum absolute atomic E-state index is 0.00605. The van der Waals surface area contributed by atoms with E-state index in [2.05, 4.69) is 15.0 Å². The number of fused-ring (bicyclic) bond motifs is 3. The van der Waals surface area contributed by atoms with Gasteiger partial charge in [-0.2, -0.15) is 8.42 Å². The van der Waals surface area contributed by atoms with Crippen LogP contribution >= 0.6 is 0 Å². The summed E-state index contributed by atoms with van der Waals surface area (Å²) in [7, 11) is -7.89. The van der Waals surface area contributed by atoms with Gasteiger partial charge in [-0.1, -0.05) is 42.5 Å². The van der Waals surface area contributed by atoms with Crippen molar-refractivity contribution in [3.63, 3.8) is 0 Å². The summed E-state index contributed by atoms with van der Waals surface area (Å²) in [5.41, 5.74) is 2.43. The number of aromatic hydroxyl groups is 1. The Balaban J connectivity index is 1.33. The number of carbonyl (C=O) groups is 1. The van der Waals surface area contributed by atoms with Gasteiger partial charge in [0.1, 0.15) is 28.0 Å². The Bertz CT molecular complexity index is 2010. The van der Waals surface area contributed by atoms with Gasteiger partial charge in [0.15, 0.2) is 0 Å². The zero-order chi connectivity index (χ0) is 31.1. The highest BCUT2D eigenvalue weighted by atomic mass is 32.2. The monoisotopic (exact) mass is 632 g/mol. The number of ether oxygens (including phenoxy) is 1. The number of nitrogens with zero attached hydrogens (tertiary/aromatic N) is 1. The first-order valence-corrected chi connectivity index (χ1v) is 16.7. The van der Waals surface area contributed by atoms with E-state index in [1.54, 1.807) is 48.5 Å². The lowest BCUT2D eigenvalue weighted by atomic mass is 9.76. The lowest BCUT2D eigenvalue weighted by molar-refractivity contribution is -0.121. The number of hydrogen-bond acceptors (Lipinski definition) is 8. The number of benzene rings is 4. The van der Waals surface area contributed by atoms with E-state index in [4.69, 9.17) is 9.88 Å². The summed E-state index contributed by atoms with van der Waals surface area (Å²) in [4.78, 5) is 13.5. The smallest absolute Gasteiger partial charge is 0.286 e. The van der Waals surface area contributed by atoms with Gasteiger partial charge in [-0.15, -0.1) is 4.40 Å². The summed E-state index contributed by atoms with van der Waals surface area (Å²) >= 11 is 0. The molecule has 0 bridgehead atoms. The number of primary sulfonamides is 1. The fourth-order valence-electron chi connectivity index (χ4n) is 5.55. The normalized spacial score (nSPS) is 17.0. The Morgan fingerprint density at radius 2 is 1.68 bits per heavy atom. The van der Waals surface area contributed by atoms with E-state index in [0.29, 0.717) is 34.7 Å². The van der Waals surface area contributed by atoms with E-state index in [0.717, 1.165) is 5.56 Å². The molecule has 5 N–H and O–H groups in total. The molecule has 0 aromatic heterocycles. The number of phenols is 1. The molecule has 4 aromatic carbocycles. The van der Waals surface area contributed by atoms with Gasteiger partial charge in [-0.3, -0.25) is 4.79 Å². The first kappa shape index (κ1) is 29.4. The van der Waals surface area contributed by atoms with Crippen LogP contribution in [0, 0.1) is 5.92 Å². The van der Waals surface area contributed by atoms with Gasteiger partial charge in [0.2, 0.25) is 15.9 Å². The molecule has 0 radical (unpaired) electrons. The zero-order valence-corrected chi connectivity index (χ0v) is 24.8. The van der Waals surface area contributed by atoms with E-state index in [1.807, 2.05) is 18.2 Å². The maximum absolute atomic E-state index is 13.5. The molecule has 44 heavy (non-hydrogen) atoms. The van der Waals surface area contributed by atoms with Crippen LogP contribution in [0.5, 0.6) is 17.2 Å². The van der Waals surface area contributed by atoms with Crippen molar-refractivity contribution in [1.82, 2.24) is 5.32 Å². The Hall–Kier alpha value is -4.72. The first-order valence-electron chi connectivity index (χ1n) is 13.7. The number of nitrogens with two attached hydrogens (primary N) is 1. The average molecular weight is 633 g/mol. The molecule has 2 unspecified atom stereocenters. The van der Waals surface area contributed by atoms with Crippen LogP contribution in [-0.2, 0) is 31.3 Å². The highest BCUT2D eigenvalue weighted by Crippen LogP contribution is 2.50. The van der Waals surface area contributed by atoms with Gasteiger partial charge >= 0.3 is 0 Å². The predicted octanol–water partition coefficient (Wildman–Crippen LogP) is 3.86. The highest BCUT2D eigenvalue weighted by Gasteiger charge is 2.40. The van der Waals surface area contributed by atoms with Crippen LogP contribution < -0.4 is 20.5 Å². The van der Waals surface area contributed by atoms with Gasteiger partial charge in [0.05, 0.1) is 10.6 Å². The number of para-hydroxylation sites is 2. The molecule has 2 aliphatic heterocycles. The molecule has 13 heteroatoms. The van der Waals surface area contributed by atoms with Gasteiger partial charge in [-0.25, -0.2) is 13.6 Å². The topological polar surface area (TPSA) is 177 Å². The number of nitrogens with one attached hydrogen (secondary N) is 2. The molecule has 2 atom stereocenters. The summed E-state index contributed by atoms with van der Waals surface area (Å²) in [5.74, 6) is -0.674. The molecule has 2 heterocycles. The van der Waals surface area contributed by atoms with Crippen molar-refractivity contribution in [1.29, 1.82) is 0 Å². The summed E-state index contributed by atoms with van der Waals surface area (Å²) in [6.07, 6.45) is 0.265. The average Bonchev–Trinajstić information content (AvgIpc) is 2.98. The van der Waals surface area contributed by atoms with Gasteiger partial charge in [-0.05, 0) is 60.5 Å². The van der Waals surface area contributed by atoms with E-state index in [1.165, 1.54) is 24.3 Å². The summed E-state index contributed by atoms with van der Waals surface area (Å²) in [6.45, 7) is 0.239. The van der Waals surface area contributed by atoms with Gasteiger partial charge < -0.3 is 20.5 Å². The third kappa shape index (κ3) is 5.89. The predicted molar refractivity (Wildman–Crippen MR) is 164 cm³/mol. The largest absolute Gasteiger partial charge is 0.508 e. The molecule has 6 rings (SSSR count). The van der Waals surface area contributed by atoms with Crippen LogP contribution in [-0.4, -0.2) is 40.2 Å². The Morgan fingerprint density at radius 3 is 2.45 bits per heavy atom. The summed E-state index contributed by atoms with van der Waals surface area (Å²) < 4.78 is 59.9. The van der Waals surface area contributed by atoms with Crippen LogP contribution in [0.2, 0.25) is 0 Å².